The second-order valence-electron chi connectivity index (χ2n) is 4.06. The maximum atomic E-state index is 12.3. The number of carboxylic acids is 1. The number of carboxylic acid groups (broad SMARTS) is 1. The molecule has 2 rings (SSSR count). The highest BCUT2D eigenvalue weighted by molar-refractivity contribution is 7.90. The Labute approximate surface area is 129 Å². The van der Waals surface area contributed by atoms with E-state index in [-0.39, 0.29) is 32.2 Å². The Bertz CT molecular complexity index is 816. The van der Waals surface area contributed by atoms with Crippen molar-refractivity contribution in [2.24, 2.45) is 0 Å². The van der Waals surface area contributed by atoms with Gasteiger partial charge in [-0.3, -0.25) is 0 Å². The predicted molar refractivity (Wildman–Crippen MR) is 73.3 cm³/mol. The van der Waals surface area contributed by atoms with Crippen LogP contribution in [0.4, 0.5) is 0 Å². The lowest BCUT2D eigenvalue weighted by Gasteiger charge is -2.07. The molecule has 1 heterocycles. The van der Waals surface area contributed by atoms with E-state index in [1.54, 1.807) is 0 Å². The quantitative estimate of drug-likeness (QED) is 0.900. The molecule has 21 heavy (non-hydrogen) atoms. The van der Waals surface area contributed by atoms with Crippen LogP contribution in [-0.2, 0) is 15.6 Å². The van der Waals surface area contributed by atoms with E-state index in [0.717, 1.165) is 12.1 Å². The number of sulfone groups is 1. The van der Waals surface area contributed by atoms with Crippen LogP contribution in [0.15, 0.2) is 21.6 Å². The molecule has 0 spiro atoms. The van der Waals surface area contributed by atoms with Crippen molar-refractivity contribution in [3.8, 4) is 0 Å². The average Bonchev–Trinajstić information content (AvgIpc) is 2.72. The van der Waals surface area contributed by atoms with Crippen LogP contribution >= 0.6 is 23.2 Å². The Hall–Kier alpha value is -1.64. The molecule has 0 fully saturated rings. The maximum absolute atomic E-state index is 12.3. The van der Waals surface area contributed by atoms with Gasteiger partial charge in [0.05, 0.1) is 20.5 Å². The molecule has 0 radical (unpaired) electrons. The zero-order chi connectivity index (χ0) is 15.8. The highest BCUT2D eigenvalue weighted by Crippen LogP contribution is 2.30. The first-order valence-corrected chi connectivity index (χ1v) is 7.86. The molecule has 1 aromatic carbocycles. The summed E-state index contributed by atoms with van der Waals surface area (Å²) in [5.74, 6) is -1.78. The van der Waals surface area contributed by atoms with E-state index < -0.39 is 21.6 Å². The number of aromatic nitrogens is 2. The molecule has 0 aliphatic carbocycles. The van der Waals surface area contributed by atoms with Gasteiger partial charge in [-0.05, 0) is 19.1 Å². The number of halogens is 2. The number of benzene rings is 1. The molecular weight excluding hydrogens is 343 g/mol. The Kier molecular flexibility index (Phi) is 4.22. The van der Waals surface area contributed by atoms with E-state index in [2.05, 4.69) is 10.1 Å². The first-order chi connectivity index (χ1) is 9.70. The second-order valence-corrected chi connectivity index (χ2v) is 6.83. The second kappa shape index (κ2) is 5.63. The number of rotatable bonds is 4. The van der Waals surface area contributed by atoms with Crippen molar-refractivity contribution >= 4 is 39.0 Å². The molecule has 112 valence electrons. The van der Waals surface area contributed by atoms with Crippen molar-refractivity contribution in [2.75, 3.05) is 0 Å². The van der Waals surface area contributed by atoms with Gasteiger partial charge in [-0.2, -0.15) is 4.98 Å². The summed E-state index contributed by atoms with van der Waals surface area (Å²) in [6, 6.07) is 1.98. The fourth-order valence-electron chi connectivity index (χ4n) is 1.57. The molecule has 7 nitrogen and oxygen atoms in total. The van der Waals surface area contributed by atoms with Crippen molar-refractivity contribution < 1.29 is 22.8 Å². The third kappa shape index (κ3) is 3.34. The fraction of sp³-hybridized carbons (Fsp3) is 0.182. The van der Waals surface area contributed by atoms with Gasteiger partial charge >= 0.3 is 5.97 Å². The predicted octanol–water partition coefficient (Wildman–Crippen LogP) is 2.36. The summed E-state index contributed by atoms with van der Waals surface area (Å²) >= 11 is 11.5. The third-order valence-corrected chi connectivity index (χ3v) is 4.84. The summed E-state index contributed by atoms with van der Waals surface area (Å²) in [7, 11) is -3.95. The smallest absolute Gasteiger partial charge is 0.337 e. The summed E-state index contributed by atoms with van der Waals surface area (Å²) in [5.41, 5.74) is -0.360. The molecule has 0 bridgehead atoms. The Morgan fingerprint density at radius 3 is 2.52 bits per heavy atom. The van der Waals surface area contributed by atoms with Gasteiger partial charge < -0.3 is 9.63 Å². The molecule has 0 atom stereocenters. The number of aryl methyl sites for hydroxylation is 1. The van der Waals surface area contributed by atoms with Gasteiger partial charge in [-0.1, -0.05) is 28.4 Å². The van der Waals surface area contributed by atoms with Crippen LogP contribution in [0.25, 0.3) is 0 Å². The minimum absolute atomic E-state index is 0.115. The lowest BCUT2D eigenvalue weighted by Crippen LogP contribution is -2.08. The molecule has 0 saturated carbocycles. The zero-order valence-electron chi connectivity index (χ0n) is 10.5. The van der Waals surface area contributed by atoms with Crippen LogP contribution in [0, 0.1) is 6.92 Å². The van der Waals surface area contributed by atoms with Gasteiger partial charge in [-0.15, -0.1) is 0 Å². The molecular formula is C11H8Cl2N2O5S. The summed E-state index contributed by atoms with van der Waals surface area (Å²) in [6.07, 6.45) is 0. The van der Waals surface area contributed by atoms with E-state index >= 15 is 0 Å². The monoisotopic (exact) mass is 350 g/mol. The summed E-state index contributed by atoms with van der Waals surface area (Å²) in [5, 5.41) is 12.1. The van der Waals surface area contributed by atoms with E-state index in [1.165, 1.54) is 6.92 Å². The van der Waals surface area contributed by atoms with Crippen LogP contribution < -0.4 is 0 Å². The highest BCUT2D eigenvalue weighted by atomic mass is 35.5. The normalized spacial score (nSPS) is 11.6. The maximum Gasteiger partial charge on any atom is 0.337 e. The average molecular weight is 351 g/mol. The van der Waals surface area contributed by atoms with E-state index in [9.17, 15) is 13.2 Å². The van der Waals surface area contributed by atoms with Crippen molar-refractivity contribution in [2.45, 2.75) is 17.6 Å². The Morgan fingerprint density at radius 1 is 1.33 bits per heavy atom. The van der Waals surface area contributed by atoms with E-state index in [0.29, 0.717) is 0 Å². The molecule has 0 aliphatic heterocycles. The van der Waals surface area contributed by atoms with Crippen LogP contribution in [0.3, 0.4) is 0 Å². The number of nitrogens with zero attached hydrogens (tertiary/aromatic N) is 2. The standard InChI is InChI=1S/C11H8Cl2N2O5S/c1-5-14-10(20-15-5)4-21(18,19)9-2-6(11(16)17)7(12)3-8(9)13/h2-3H,4H2,1H3,(H,16,17). The van der Waals surface area contributed by atoms with Crippen molar-refractivity contribution in [3.05, 3.63) is 39.5 Å². The van der Waals surface area contributed by atoms with Gasteiger partial charge in [0.2, 0.25) is 5.89 Å². The molecule has 2 aromatic rings. The molecule has 0 amide bonds. The minimum Gasteiger partial charge on any atom is -0.478 e. The summed E-state index contributed by atoms with van der Waals surface area (Å²) in [6.45, 7) is 1.54. The van der Waals surface area contributed by atoms with Crippen molar-refractivity contribution in [1.82, 2.24) is 10.1 Å². The number of hydrogen-bond acceptors (Lipinski definition) is 6. The van der Waals surface area contributed by atoms with Gasteiger partial charge in [0, 0.05) is 0 Å². The molecule has 0 saturated heterocycles. The van der Waals surface area contributed by atoms with Crippen LogP contribution in [-0.4, -0.2) is 29.6 Å². The number of aromatic carboxylic acids is 1. The lowest BCUT2D eigenvalue weighted by molar-refractivity contribution is 0.0697. The largest absolute Gasteiger partial charge is 0.478 e. The number of hydrogen-bond donors (Lipinski definition) is 1. The van der Waals surface area contributed by atoms with Crippen LogP contribution in [0.1, 0.15) is 22.1 Å². The first-order valence-electron chi connectivity index (χ1n) is 5.45. The molecule has 0 unspecified atom stereocenters. The van der Waals surface area contributed by atoms with Gasteiger partial charge in [0.15, 0.2) is 15.7 Å². The van der Waals surface area contributed by atoms with E-state index in [4.69, 9.17) is 32.8 Å². The van der Waals surface area contributed by atoms with Crippen molar-refractivity contribution in [3.63, 3.8) is 0 Å². The Balaban J connectivity index is 2.49. The van der Waals surface area contributed by atoms with Crippen LogP contribution in [0.2, 0.25) is 10.0 Å². The summed E-state index contributed by atoms with van der Waals surface area (Å²) < 4.78 is 29.3. The first kappa shape index (κ1) is 15.7. The lowest BCUT2D eigenvalue weighted by atomic mass is 10.2. The topological polar surface area (TPSA) is 110 Å². The molecule has 10 heteroatoms. The molecule has 1 N–H and O–H groups in total. The zero-order valence-corrected chi connectivity index (χ0v) is 12.8. The van der Waals surface area contributed by atoms with Crippen molar-refractivity contribution in [1.29, 1.82) is 0 Å². The SMILES string of the molecule is Cc1noc(CS(=O)(=O)c2cc(C(=O)O)c(Cl)cc2Cl)n1. The molecule has 1 aromatic heterocycles. The van der Waals surface area contributed by atoms with E-state index in [1.807, 2.05) is 0 Å². The van der Waals surface area contributed by atoms with Crippen LogP contribution in [0.5, 0.6) is 0 Å². The van der Waals surface area contributed by atoms with Gasteiger partial charge in [-0.25, -0.2) is 13.2 Å². The van der Waals surface area contributed by atoms with Gasteiger partial charge in [0.1, 0.15) is 5.75 Å². The summed E-state index contributed by atoms with van der Waals surface area (Å²) in [4.78, 5) is 14.4. The third-order valence-electron chi connectivity index (χ3n) is 2.47. The highest BCUT2D eigenvalue weighted by Gasteiger charge is 2.25. The van der Waals surface area contributed by atoms with Gasteiger partial charge in [0.25, 0.3) is 0 Å². The number of carbonyl (C=O) groups is 1. The fourth-order valence-corrected chi connectivity index (χ4v) is 3.64. The molecule has 0 aliphatic rings. The minimum atomic E-state index is -3.95. The Morgan fingerprint density at radius 2 is 2.00 bits per heavy atom.